The summed E-state index contributed by atoms with van der Waals surface area (Å²) in [6.07, 6.45) is 5.03. The van der Waals surface area contributed by atoms with Gasteiger partial charge < -0.3 is 10.1 Å². The molecule has 1 aliphatic carbocycles. The van der Waals surface area contributed by atoms with Gasteiger partial charge in [-0.05, 0) is 48.6 Å². The number of methoxy groups -OCH3 is 1. The van der Waals surface area contributed by atoms with Crippen LogP contribution in [-0.2, 0) is 11.3 Å². The lowest BCUT2D eigenvalue weighted by Crippen LogP contribution is -2.36. The Bertz CT molecular complexity index is 496. The van der Waals surface area contributed by atoms with Gasteiger partial charge in [0.1, 0.15) is 0 Å². The molecule has 1 fully saturated rings. The number of hydrogen-bond acceptors (Lipinski definition) is 3. The Morgan fingerprint density at radius 1 is 1.18 bits per heavy atom. The molecule has 0 saturated heterocycles. The van der Waals surface area contributed by atoms with Crippen molar-refractivity contribution in [2.75, 3.05) is 7.11 Å². The third-order valence-electron chi connectivity index (χ3n) is 4.96. The zero-order chi connectivity index (χ0) is 16.2. The number of ether oxygens (including phenoxy) is 1. The first-order chi connectivity index (χ1) is 10.4. The molecular weight excluding hydrogens is 274 g/mol. The van der Waals surface area contributed by atoms with Crippen molar-refractivity contribution in [3.05, 3.63) is 35.4 Å². The van der Waals surface area contributed by atoms with Gasteiger partial charge in [0.2, 0.25) is 0 Å². The van der Waals surface area contributed by atoms with Gasteiger partial charge in [-0.3, -0.25) is 0 Å². The number of nitrogens with one attached hydrogen (secondary N) is 1. The number of carbonyl (C=O) groups is 1. The van der Waals surface area contributed by atoms with Crippen molar-refractivity contribution < 1.29 is 9.53 Å². The summed E-state index contributed by atoms with van der Waals surface area (Å²) in [4.78, 5) is 11.8. The molecule has 3 nitrogen and oxygen atoms in total. The minimum atomic E-state index is -0.256. The van der Waals surface area contributed by atoms with Crippen molar-refractivity contribution in [2.45, 2.75) is 59.0 Å². The number of esters is 1. The van der Waals surface area contributed by atoms with Crippen molar-refractivity contribution in [1.82, 2.24) is 5.32 Å². The topological polar surface area (TPSA) is 38.3 Å². The first-order valence-corrected chi connectivity index (χ1v) is 8.31. The lowest BCUT2D eigenvalue weighted by Gasteiger charge is -2.37. The monoisotopic (exact) mass is 303 g/mol. The van der Waals surface area contributed by atoms with E-state index >= 15 is 0 Å². The van der Waals surface area contributed by atoms with E-state index in [1.54, 1.807) is 0 Å². The lowest BCUT2D eigenvalue weighted by molar-refractivity contribution is 0.0599. The zero-order valence-electron chi connectivity index (χ0n) is 14.3. The van der Waals surface area contributed by atoms with Gasteiger partial charge in [-0.1, -0.05) is 39.0 Å². The van der Waals surface area contributed by atoms with Crippen LogP contribution in [-0.4, -0.2) is 19.1 Å². The average Bonchev–Trinajstić information content (AvgIpc) is 2.52. The highest BCUT2D eigenvalue weighted by Crippen LogP contribution is 2.37. The normalized spacial score (nSPS) is 22.4. The number of rotatable bonds is 4. The van der Waals surface area contributed by atoms with Gasteiger partial charge in [0, 0.05) is 12.6 Å². The Morgan fingerprint density at radius 2 is 1.82 bits per heavy atom. The maximum atomic E-state index is 11.8. The van der Waals surface area contributed by atoms with Crippen LogP contribution in [0.4, 0.5) is 0 Å². The highest BCUT2D eigenvalue weighted by atomic mass is 16.5. The van der Waals surface area contributed by atoms with Crippen LogP contribution >= 0.6 is 0 Å². The fourth-order valence-corrected chi connectivity index (χ4v) is 3.40. The van der Waals surface area contributed by atoms with Crippen LogP contribution in [0.3, 0.4) is 0 Å². The van der Waals surface area contributed by atoms with E-state index in [0.29, 0.717) is 17.0 Å². The summed E-state index contributed by atoms with van der Waals surface area (Å²) in [6, 6.07) is 8.24. The van der Waals surface area contributed by atoms with Gasteiger partial charge >= 0.3 is 5.97 Å². The highest BCUT2D eigenvalue weighted by molar-refractivity contribution is 5.90. The van der Waals surface area contributed by atoms with E-state index in [1.807, 2.05) is 24.3 Å². The number of carbonyl (C=O) groups excluding carboxylic acids is 1. The highest BCUT2D eigenvalue weighted by Gasteiger charge is 2.29. The standard InChI is InChI=1S/C19H29NO2/c1-19(2,3)15-9-11-16(12-10-15)20-13-14-7-5-6-8-17(14)18(21)22-4/h5-8,15-16,20H,9-13H2,1-4H3. The fraction of sp³-hybridized carbons (Fsp3) is 0.632. The molecule has 0 aromatic heterocycles. The van der Waals surface area contributed by atoms with E-state index in [2.05, 4.69) is 26.1 Å². The predicted octanol–water partition coefficient (Wildman–Crippen LogP) is 4.17. The molecule has 22 heavy (non-hydrogen) atoms. The molecule has 0 bridgehead atoms. The van der Waals surface area contributed by atoms with Crippen molar-refractivity contribution in [3.63, 3.8) is 0 Å². The van der Waals surface area contributed by atoms with Gasteiger partial charge in [-0.15, -0.1) is 0 Å². The average molecular weight is 303 g/mol. The first kappa shape index (κ1) is 17.0. The lowest BCUT2D eigenvalue weighted by atomic mass is 9.71. The molecule has 122 valence electrons. The van der Waals surface area contributed by atoms with Crippen molar-refractivity contribution in [1.29, 1.82) is 0 Å². The maximum absolute atomic E-state index is 11.8. The minimum Gasteiger partial charge on any atom is -0.465 e. The van der Waals surface area contributed by atoms with Gasteiger partial charge in [0.15, 0.2) is 0 Å². The SMILES string of the molecule is COC(=O)c1ccccc1CNC1CCC(C(C)(C)C)CC1. The molecule has 3 heteroatoms. The molecule has 0 heterocycles. The van der Waals surface area contributed by atoms with Crippen LogP contribution in [0.15, 0.2) is 24.3 Å². The van der Waals surface area contributed by atoms with Crippen molar-refractivity contribution in [2.24, 2.45) is 11.3 Å². The maximum Gasteiger partial charge on any atom is 0.338 e. The van der Waals surface area contributed by atoms with Crippen LogP contribution in [0.1, 0.15) is 62.4 Å². The number of hydrogen-bond donors (Lipinski definition) is 1. The molecule has 0 aliphatic heterocycles. The molecule has 2 rings (SSSR count). The Morgan fingerprint density at radius 3 is 2.41 bits per heavy atom. The molecule has 0 spiro atoms. The van der Waals surface area contributed by atoms with E-state index in [0.717, 1.165) is 18.0 Å². The van der Waals surface area contributed by atoms with E-state index in [1.165, 1.54) is 32.8 Å². The summed E-state index contributed by atoms with van der Waals surface area (Å²) in [5.41, 5.74) is 2.11. The smallest absolute Gasteiger partial charge is 0.338 e. The summed E-state index contributed by atoms with van der Waals surface area (Å²) in [5, 5.41) is 3.62. The Balaban J connectivity index is 1.89. The Hall–Kier alpha value is -1.35. The van der Waals surface area contributed by atoms with Gasteiger partial charge in [-0.25, -0.2) is 4.79 Å². The third-order valence-corrected chi connectivity index (χ3v) is 4.96. The second kappa shape index (κ2) is 7.28. The predicted molar refractivity (Wildman–Crippen MR) is 89.8 cm³/mol. The van der Waals surface area contributed by atoms with Gasteiger partial charge in [-0.2, -0.15) is 0 Å². The quantitative estimate of drug-likeness (QED) is 0.849. The van der Waals surface area contributed by atoms with Gasteiger partial charge in [0.05, 0.1) is 12.7 Å². The molecule has 1 aliphatic rings. The summed E-state index contributed by atoms with van der Waals surface area (Å²) < 4.78 is 4.85. The fourth-order valence-electron chi connectivity index (χ4n) is 3.40. The zero-order valence-corrected chi connectivity index (χ0v) is 14.3. The van der Waals surface area contributed by atoms with E-state index in [9.17, 15) is 4.79 Å². The van der Waals surface area contributed by atoms with E-state index in [-0.39, 0.29) is 5.97 Å². The first-order valence-electron chi connectivity index (χ1n) is 8.31. The molecule has 0 amide bonds. The summed E-state index contributed by atoms with van der Waals surface area (Å²) in [7, 11) is 1.43. The summed E-state index contributed by atoms with van der Waals surface area (Å²) >= 11 is 0. The van der Waals surface area contributed by atoms with Gasteiger partial charge in [0.25, 0.3) is 0 Å². The number of benzene rings is 1. The molecular formula is C19H29NO2. The second-order valence-corrected chi connectivity index (χ2v) is 7.44. The second-order valence-electron chi connectivity index (χ2n) is 7.44. The van der Waals surface area contributed by atoms with Crippen LogP contribution in [0.5, 0.6) is 0 Å². The van der Waals surface area contributed by atoms with Crippen molar-refractivity contribution in [3.8, 4) is 0 Å². The van der Waals surface area contributed by atoms with E-state index in [4.69, 9.17) is 4.74 Å². The molecule has 1 N–H and O–H groups in total. The summed E-state index contributed by atoms with van der Waals surface area (Å²) in [5.74, 6) is 0.571. The molecule has 0 unspecified atom stereocenters. The Kier molecular flexibility index (Phi) is 5.63. The van der Waals surface area contributed by atoms with Crippen LogP contribution < -0.4 is 5.32 Å². The molecule has 1 aromatic carbocycles. The molecule has 0 atom stereocenters. The molecule has 1 saturated carbocycles. The largest absolute Gasteiger partial charge is 0.465 e. The molecule has 0 radical (unpaired) electrons. The van der Waals surface area contributed by atoms with Crippen LogP contribution in [0.2, 0.25) is 0 Å². The Labute approximate surface area is 134 Å². The van der Waals surface area contributed by atoms with Crippen LogP contribution in [0, 0.1) is 11.3 Å². The van der Waals surface area contributed by atoms with E-state index < -0.39 is 0 Å². The molecule has 1 aromatic rings. The third kappa shape index (κ3) is 4.33. The van der Waals surface area contributed by atoms with Crippen molar-refractivity contribution >= 4 is 5.97 Å². The summed E-state index contributed by atoms with van der Waals surface area (Å²) in [6.45, 7) is 7.77. The minimum absolute atomic E-state index is 0.256. The van der Waals surface area contributed by atoms with Crippen LogP contribution in [0.25, 0.3) is 0 Å².